The fourth-order valence-electron chi connectivity index (χ4n) is 1.40. The highest BCUT2D eigenvalue weighted by Gasteiger charge is 2.19. The number of aromatic nitrogens is 3. The summed E-state index contributed by atoms with van der Waals surface area (Å²) in [5, 5.41) is 8.52. The normalized spacial score (nSPS) is 19.1. The molecule has 0 spiro atoms. The van der Waals surface area contributed by atoms with Gasteiger partial charge < -0.3 is 10.1 Å². The Labute approximate surface area is 90.9 Å². The Kier molecular flexibility index (Phi) is 3.04. The first-order valence-corrected chi connectivity index (χ1v) is 4.97. The summed E-state index contributed by atoms with van der Waals surface area (Å²) in [6, 6.07) is 0. The second-order valence-corrected chi connectivity index (χ2v) is 3.42. The zero-order chi connectivity index (χ0) is 11.4. The first kappa shape index (κ1) is 10.5. The summed E-state index contributed by atoms with van der Waals surface area (Å²) in [5.74, 6) is 0.193. The molecule has 2 rings (SSSR count). The van der Waals surface area contributed by atoms with Crippen molar-refractivity contribution in [3.8, 4) is 0 Å². The third-order valence-electron chi connectivity index (χ3n) is 2.21. The van der Waals surface area contributed by atoms with Gasteiger partial charge >= 0.3 is 5.69 Å². The predicted molar refractivity (Wildman–Crippen MR) is 54.3 cm³/mol. The van der Waals surface area contributed by atoms with Gasteiger partial charge in [-0.3, -0.25) is 9.78 Å². The molecule has 0 saturated heterocycles. The van der Waals surface area contributed by atoms with Crippen LogP contribution in [0, 0.1) is 0 Å². The predicted octanol–water partition coefficient (Wildman–Crippen LogP) is -0.593. The summed E-state index contributed by atoms with van der Waals surface area (Å²) in [7, 11) is 0. The summed E-state index contributed by atoms with van der Waals surface area (Å²) < 4.78 is 5.14. The molecule has 0 aliphatic carbocycles. The molecule has 86 valence electrons. The summed E-state index contributed by atoms with van der Waals surface area (Å²) in [6.45, 7) is 0.182. The minimum absolute atomic E-state index is 0.182. The van der Waals surface area contributed by atoms with E-state index in [1.165, 1.54) is 6.26 Å². The van der Waals surface area contributed by atoms with Crippen LogP contribution in [-0.4, -0.2) is 27.2 Å². The van der Waals surface area contributed by atoms with Crippen LogP contribution in [0.3, 0.4) is 0 Å². The van der Waals surface area contributed by atoms with Crippen LogP contribution in [0.25, 0.3) is 0 Å². The molecule has 7 nitrogen and oxygen atoms in total. The lowest BCUT2D eigenvalue weighted by Gasteiger charge is -2.18. The summed E-state index contributed by atoms with van der Waals surface area (Å²) in [4.78, 5) is 24.7. The Bertz CT molecular complexity index is 448. The molecule has 0 fully saturated rings. The SMILES string of the molecule is O=C(NCc1n[nH]c(=O)[nH]1)C1CCC=CO1. The molecule has 3 N–H and O–H groups in total. The van der Waals surface area contributed by atoms with E-state index in [1.54, 1.807) is 0 Å². The first-order valence-electron chi connectivity index (χ1n) is 4.97. The Morgan fingerprint density at radius 2 is 2.56 bits per heavy atom. The van der Waals surface area contributed by atoms with E-state index >= 15 is 0 Å². The summed E-state index contributed by atoms with van der Waals surface area (Å²) >= 11 is 0. The van der Waals surface area contributed by atoms with Gasteiger partial charge in [-0.2, -0.15) is 5.10 Å². The van der Waals surface area contributed by atoms with Crippen LogP contribution in [-0.2, 0) is 16.1 Å². The number of carbonyl (C=O) groups excluding carboxylic acids is 1. The molecule has 0 saturated carbocycles. The maximum absolute atomic E-state index is 11.6. The van der Waals surface area contributed by atoms with E-state index in [2.05, 4.69) is 20.5 Å². The molecule has 1 aliphatic heterocycles. The quantitative estimate of drug-likeness (QED) is 0.638. The smallest absolute Gasteiger partial charge is 0.340 e. The second-order valence-electron chi connectivity index (χ2n) is 3.42. The lowest BCUT2D eigenvalue weighted by Crippen LogP contribution is -2.36. The maximum Gasteiger partial charge on any atom is 0.340 e. The molecule has 1 unspecified atom stereocenters. The third kappa shape index (κ3) is 2.50. The minimum Gasteiger partial charge on any atom is -0.489 e. The van der Waals surface area contributed by atoms with E-state index < -0.39 is 6.10 Å². The second kappa shape index (κ2) is 4.65. The van der Waals surface area contributed by atoms with Gasteiger partial charge in [-0.15, -0.1) is 0 Å². The van der Waals surface area contributed by atoms with Gasteiger partial charge in [0, 0.05) is 0 Å². The number of H-pyrrole nitrogens is 2. The van der Waals surface area contributed by atoms with E-state index in [4.69, 9.17) is 4.74 Å². The monoisotopic (exact) mass is 224 g/mol. The van der Waals surface area contributed by atoms with Crippen molar-refractivity contribution in [3.05, 3.63) is 28.6 Å². The highest BCUT2D eigenvalue weighted by Crippen LogP contribution is 2.09. The fraction of sp³-hybridized carbons (Fsp3) is 0.444. The molecule has 7 heteroatoms. The number of ether oxygens (including phenoxy) is 1. The number of hydrogen-bond donors (Lipinski definition) is 3. The Morgan fingerprint density at radius 1 is 1.69 bits per heavy atom. The molecule has 0 aromatic carbocycles. The van der Waals surface area contributed by atoms with Gasteiger partial charge in [-0.1, -0.05) is 0 Å². The summed E-state index contributed by atoms with van der Waals surface area (Å²) in [5.41, 5.74) is -0.388. The fourth-order valence-corrected chi connectivity index (χ4v) is 1.40. The number of hydrogen-bond acceptors (Lipinski definition) is 4. The molecule has 1 amide bonds. The van der Waals surface area contributed by atoms with Crippen LogP contribution in [0.15, 0.2) is 17.1 Å². The van der Waals surface area contributed by atoms with E-state index in [0.717, 1.165) is 6.42 Å². The number of amides is 1. The van der Waals surface area contributed by atoms with Crippen molar-refractivity contribution in [2.75, 3.05) is 0 Å². The van der Waals surface area contributed by atoms with Crippen LogP contribution >= 0.6 is 0 Å². The van der Waals surface area contributed by atoms with Crippen molar-refractivity contribution in [2.24, 2.45) is 0 Å². The molecule has 0 bridgehead atoms. The average Bonchev–Trinajstić information content (AvgIpc) is 2.73. The highest BCUT2D eigenvalue weighted by atomic mass is 16.5. The van der Waals surface area contributed by atoms with Gasteiger partial charge in [-0.05, 0) is 18.9 Å². The largest absolute Gasteiger partial charge is 0.489 e. The molecular formula is C9H12N4O3. The molecule has 16 heavy (non-hydrogen) atoms. The third-order valence-corrected chi connectivity index (χ3v) is 2.21. The van der Waals surface area contributed by atoms with Crippen molar-refractivity contribution >= 4 is 5.91 Å². The lowest BCUT2D eigenvalue weighted by molar-refractivity contribution is -0.130. The number of nitrogens with one attached hydrogen (secondary N) is 3. The van der Waals surface area contributed by atoms with Gasteiger partial charge in [0.05, 0.1) is 12.8 Å². The van der Waals surface area contributed by atoms with E-state index in [0.29, 0.717) is 12.2 Å². The average molecular weight is 224 g/mol. The van der Waals surface area contributed by atoms with Crippen molar-refractivity contribution in [2.45, 2.75) is 25.5 Å². The molecule has 1 atom stereocenters. The van der Waals surface area contributed by atoms with Crippen LogP contribution in [0.5, 0.6) is 0 Å². The zero-order valence-corrected chi connectivity index (χ0v) is 8.53. The standard InChI is InChI=1S/C9H12N4O3/c14-8(6-3-1-2-4-16-6)10-5-7-11-9(15)13-12-7/h2,4,6H,1,3,5H2,(H,10,14)(H2,11,12,13,15). The molecule has 1 aromatic heterocycles. The molecular weight excluding hydrogens is 212 g/mol. The Hall–Kier alpha value is -2.05. The van der Waals surface area contributed by atoms with E-state index in [1.807, 2.05) is 6.08 Å². The minimum atomic E-state index is -0.448. The number of allylic oxidation sites excluding steroid dienone is 1. The van der Waals surface area contributed by atoms with E-state index in [-0.39, 0.29) is 18.1 Å². The Morgan fingerprint density at radius 3 is 3.19 bits per heavy atom. The lowest BCUT2D eigenvalue weighted by atomic mass is 10.1. The van der Waals surface area contributed by atoms with Gasteiger partial charge in [0.1, 0.15) is 5.82 Å². The van der Waals surface area contributed by atoms with Crippen LogP contribution < -0.4 is 11.0 Å². The highest BCUT2D eigenvalue weighted by molar-refractivity contribution is 5.80. The van der Waals surface area contributed by atoms with E-state index in [9.17, 15) is 9.59 Å². The van der Waals surface area contributed by atoms with Crippen LogP contribution in [0.1, 0.15) is 18.7 Å². The molecule has 1 aliphatic rings. The summed E-state index contributed by atoms with van der Waals surface area (Å²) in [6.07, 6.45) is 4.45. The van der Waals surface area contributed by atoms with Crippen molar-refractivity contribution in [1.82, 2.24) is 20.5 Å². The van der Waals surface area contributed by atoms with Gasteiger partial charge in [-0.25, -0.2) is 9.89 Å². The van der Waals surface area contributed by atoms with Crippen LogP contribution in [0.2, 0.25) is 0 Å². The molecule has 0 radical (unpaired) electrons. The topological polar surface area (TPSA) is 99.9 Å². The number of aromatic amines is 2. The zero-order valence-electron chi connectivity index (χ0n) is 8.53. The van der Waals surface area contributed by atoms with Crippen molar-refractivity contribution in [1.29, 1.82) is 0 Å². The van der Waals surface area contributed by atoms with Gasteiger partial charge in [0.15, 0.2) is 6.10 Å². The first-order chi connectivity index (χ1) is 7.75. The number of rotatable bonds is 3. The Balaban J connectivity index is 1.83. The van der Waals surface area contributed by atoms with Crippen molar-refractivity contribution in [3.63, 3.8) is 0 Å². The van der Waals surface area contributed by atoms with Crippen LogP contribution in [0.4, 0.5) is 0 Å². The molecule has 2 heterocycles. The van der Waals surface area contributed by atoms with Gasteiger partial charge in [0.2, 0.25) is 0 Å². The van der Waals surface area contributed by atoms with Gasteiger partial charge in [0.25, 0.3) is 5.91 Å². The van der Waals surface area contributed by atoms with Crippen molar-refractivity contribution < 1.29 is 9.53 Å². The number of carbonyl (C=O) groups is 1. The maximum atomic E-state index is 11.6. The molecule has 1 aromatic rings. The number of nitrogens with zero attached hydrogens (tertiary/aromatic N) is 1.